The van der Waals surface area contributed by atoms with Crippen LogP contribution in [0.4, 0.5) is 0 Å². The van der Waals surface area contributed by atoms with Gasteiger partial charge in [-0.1, -0.05) is 20.8 Å². The molecule has 1 heterocycles. The van der Waals surface area contributed by atoms with Crippen LogP contribution in [0, 0.1) is 5.92 Å². The SMILES string of the molecule is CCCNC1CCC(C)CC1N(CC)CC1CCCO1. The molecule has 3 heteroatoms. The molecule has 2 rings (SSSR count). The molecule has 1 saturated carbocycles. The third-order valence-electron chi connectivity index (χ3n) is 5.07. The first-order valence-electron chi connectivity index (χ1n) is 8.83. The number of nitrogens with one attached hydrogen (secondary N) is 1. The Kier molecular flexibility index (Phi) is 6.79. The minimum Gasteiger partial charge on any atom is -0.377 e. The summed E-state index contributed by atoms with van der Waals surface area (Å²) in [6.45, 7) is 11.4. The second-order valence-electron chi connectivity index (χ2n) is 6.77. The summed E-state index contributed by atoms with van der Waals surface area (Å²) < 4.78 is 5.86. The zero-order valence-electron chi connectivity index (χ0n) is 13.7. The van der Waals surface area contributed by atoms with E-state index in [0.717, 1.165) is 32.2 Å². The van der Waals surface area contributed by atoms with Gasteiger partial charge in [-0.05, 0) is 57.5 Å². The van der Waals surface area contributed by atoms with Crippen LogP contribution >= 0.6 is 0 Å². The third-order valence-corrected chi connectivity index (χ3v) is 5.07. The van der Waals surface area contributed by atoms with Crippen LogP contribution in [0.25, 0.3) is 0 Å². The Morgan fingerprint density at radius 1 is 1.20 bits per heavy atom. The maximum atomic E-state index is 5.86. The van der Waals surface area contributed by atoms with Gasteiger partial charge in [0, 0.05) is 25.2 Å². The van der Waals surface area contributed by atoms with Gasteiger partial charge in [-0.25, -0.2) is 0 Å². The molecule has 2 fully saturated rings. The topological polar surface area (TPSA) is 24.5 Å². The predicted molar refractivity (Wildman–Crippen MR) is 85.1 cm³/mol. The van der Waals surface area contributed by atoms with E-state index in [-0.39, 0.29) is 0 Å². The van der Waals surface area contributed by atoms with E-state index in [1.807, 2.05) is 0 Å². The zero-order valence-corrected chi connectivity index (χ0v) is 13.7. The van der Waals surface area contributed by atoms with Gasteiger partial charge >= 0.3 is 0 Å². The fourth-order valence-electron chi connectivity index (χ4n) is 3.87. The highest BCUT2D eigenvalue weighted by atomic mass is 16.5. The molecule has 1 N–H and O–H groups in total. The van der Waals surface area contributed by atoms with Gasteiger partial charge in [0.25, 0.3) is 0 Å². The van der Waals surface area contributed by atoms with Gasteiger partial charge in [-0.15, -0.1) is 0 Å². The van der Waals surface area contributed by atoms with Crippen molar-refractivity contribution in [3.63, 3.8) is 0 Å². The summed E-state index contributed by atoms with van der Waals surface area (Å²) in [6.07, 6.45) is 8.30. The van der Waals surface area contributed by atoms with Crippen LogP contribution < -0.4 is 5.32 Å². The largest absolute Gasteiger partial charge is 0.377 e. The van der Waals surface area contributed by atoms with Gasteiger partial charge in [0.2, 0.25) is 0 Å². The van der Waals surface area contributed by atoms with Crippen LogP contribution in [-0.4, -0.2) is 49.3 Å². The summed E-state index contributed by atoms with van der Waals surface area (Å²) >= 11 is 0. The Hall–Kier alpha value is -0.120. The minimum absolute atomic E-state index is 0.485. The van der Waals surface area contributed by atoms with Crippen LogP contribution in [0.15, 0.2) is 0 Å². The molecule has 118 valence electrons. The van der Waals surface area contributed by atoms with E-state index in [1.165, 1.54) is 38.5 Å². The quantitative estimate of drug-likeness (QED) is 0.777. The highest BCUT2D eigenvalue weighted by Crippen LogP contribution is 2.29. The second-order valence-corrected chi connectivity index (χ2v) is 6.77. The lowest BCUT2D eigenvalue weighted by atomic mass is 9.82. The van der Waals surface area contributed by atoms with Gasteiger partial charge in [-0.3, -0.25) is 4.90 Å². The van der Waals surface area contributed by atoms with E-state index in [2.05, 4.69) is 31.0 Å². The van der Waals surface area contributed by atoms with E-state index in [9.17, 15) is 0 Å². The highest BCUT2D eigenvalue weighted by Gasteiger charge is 2.33. The van der Waals surface area contributed by atoms with Crippen molar-refractivity contribution in [1.82, 2.24) is 10.2 Å². The molecule has 0 bridgehead atoms. The molecule has 2 aliphatic rings. The second kappa shape index (κ2) is 8.35. The summed E-state index contributed by atoms with van der Waals surface area (Å²) in [5.41, 5.74) is 0. The van der Waals surface area contributed by atoms with E-state index in [0.29, 0.717) is 18.2 Å². The van der Waals surface area contributed by atoms with Crippen molar-refractivity contribution in [2.24, 2.45) is 5.92 Å². The van der Waals surface area contributed by atoms with Crippen molar-refractivity contribution >= 4 is 0 Å². The van der Waals surface area contributed by atoms with Crippen LogP contribution in [0.1, 0.15) is 59.3 Å². The van der Waals surface area contributed by atoms with E-state index in [4.69, 9.17) is 4.74 Å². The van der Waals surface area contributed by atoms with Crippen molar-refractivity contribution in [2.45, 2.75) is 77.5 Å². The fourth-order valence-corrected chi connectivity index (χ4v) is 3.87. The summed E-state index contributed by atoms with van der Waals surface area (Å²) in [7, 11) is 0. The highest BCUT2D eigenvalue weighted by molar-refractivity contribution is 4.91. The number of ether oxygens (including phenoxy) is 1. The molecule has 1 saturated heterocycles. The maximum Gasteiger partial charge on any atom is 0.0702 e. The van der Waals surface area contributed by atoms with Gasteiger partial charge < -0.3 is 10.1 Å². The van der Waals surface area contributed by atoms with Crippen LogP contribution in [0.2, 0.25) is 0 Å². The first-order valence-corrected chi connectivity index (χ1v) is 8.83. The molecule has 4 atom stereocenters. The third kappa shape index (κ3) is 4.44. The molecule has 0 amide bonds. The Balaban J connectivity index is 1.94. The summed E-state index contributed by atoms with van der Waals surface area (Å²) in [5.74, 6) is 0.873. The van der Waals surface area contributed by atoms with Crippen molar-refractivity contribution in [2.75, 3.05) is 26.2 Å². The van der Waals surface area contributed by atoms with Crippen molar-refractivity contribution in [1.29, 1.82) is 0 Å². The van der Waals surface area contributed by atoms with Crippen molar-refractivity contribution in [3.8, 4) is 0 Å². The molecule has 0 spiro atoms. The van der Waals surface area contributed by atoms with Gasteiger partial charge in [0.1, 0.15) is 0 Å². The fraction of sp³-hybridized carbons (Fsp3) is 1.00. The molecule has 3 nitrogen and oxygen atoms in total. The Bertz CT molecular complexity index is 264. The summed E-state index contributed by atoms with van der Waals surface area (Å²) in [5, 5.41) is 3.80. The molecular weight excluding hydrogens is 248 g/mol. The van der Waals surface area contributed by atoms with Crippen molar-refractivity contribution < 1.29 is 4.74 Å². The van der Waals surface area contributed by atoms with E-state index < -0.39 is 0 Å². The number of rotatable bonds is 7. The molecule has 1 aliphatic heterocycles. The monoisotopic (exact) mass is 282 g/mol. The van der Waals surface area contributed by atoms with Gasteiger partial charge in [0.05, 0.1) is 6.10 Å². The predicted octanol–water partition coefficient (Wildman–Crippen LogP) is 3.04. The lowest BCUT2D eigenvalue weighted by Gasteiger charge is -2.43. The first-order chi connectivity index (χ1) is 9.74. The minimum atomic E-state index is 0.485. The molecule has 0 aromatic rings. The Morgan fingerprint density at radius 2 is 2.05 bits per heavy atom. The first kappa shape index (κ1) is 16.3. The standard InChI is InChI=1S/C17H34N2O/c1-4-10-18-16-9-8-14(3)12-17(16)19(5-2)13-15-7-6-11-20-15/h14-18H,4-13H2,1-3H3. The number of likely N-dealkylation sites (N-methyl/N-ethyl adjacent to an activating group) is 1. The summed E-state index contributed by atoms with van der Waals surface area (Å²) in [4.78, 5) is 2.69. The average Bonchev–Trinajstić information content (AvgIpc) is 2.96. The molecule has 0 aromatic carbocycles. The van der Waals surface area contributed by atoms with Gasteiger partial charge in [-0.2, -0.15) is 0 Å². The molecule has 0 aromatic heterocycles. The molecular formula is C17H34N2O. The molecule has 1 aliphatic carbocycles. The Labute approximate surface area is 125 Å². The maximum absolute atomic E-state index is 5.86. The summed E-state index contributed by atoms with van der Waals surface area (Å²) in [6, 6.07) is 1.40. The average molecular weight is 282 g/mol. The molecule has 0 radical (unpaired) electrons. The molecule has 4 unspecified atom stereocenters. The number of nitrogens with zero attached hydrogens (tertiary/aromatic N) is 1. The lowest BCUT2D eigenvalue weighted by molar-refractivity contribution is 0.0349. The van der Waals surface area contributed by atoms with E-state index in [1.54, 1.807) is 0 Å². The normalized spacial score (nSPS) is 34.8. The van der Waals surface area contributed by atoms with Crippen LogP contribution in [-0.2, 0) is 4.74 Å². The van der Waals surface area contributed by atoms with Crippen molar-refractivity contribution in [3.05, 3.63) is 0 Å². The Morgan fingerprint density at radius 3 is 2.70 bits per heavy atom. The zero-order chi connectivity index (χ0) is 14.4. The number of hydrogen-bond donors (Lipinski definition) is 1. The van der Waals surface area contributed by atoms with Gasteiger partial charge in [0.15, 0.2) is 0 Å². The van der Waals surface area contributed by atoms with Crippen LogP contribution in [0.3, 0.4) is 0 Å². The van der Waals surface area contributed by atoms with E-state index >= 15 is 0 Å². The smallest absolute Gasteiger partial charge is 0.0702 e. The number of hydrogen-bond acceptors (Lipinski definition) is 3. The lowest BCUT2D eigenvalue weighted by Crippen LogP contribution is -2.54. The molecule has 20 heavy (non-hydrogen) atoms. The van der Waals surface area contributed by atoms with Crippen LogP contribution in [0.5, 0.6) is 0 Å².